The van der Waals surface area contributed by atoms with Crippen LogP contribution in [-0.4, -0.2) is 65.7 Å². The number of aromatic nitrogens is 1. The van der Waals surface area contributed by atoms with Crippen molar-refractivity contribution in [2.24, 2.45) is 5.92 Å². The van der Waals surface area contributed by atoms with Crippen molar-refractivity contribution in [2.75, 3.05) is 53.4 Å². The van der Waals surface area contributed by atoms with Gasteiger partial charge in [0.1, 0.15) is 5.82 Å². The minimum Gasteiger partial charge on any atom is -0.356 e. The van der Waals surface area contributed by atoms with Crippen LogP contribution in [0.2, 0.25) is 0 Å². The van der Waals surface area contributed by atoms with E-state index in [9.17, 15) is 17.9 Å². The van der Waals surface area contributed by atoms with E-state index in [2.05, 4.69) is 4.90 Å². The Hall–Kier alpha value is -2.18. The minimum absolute atomic E-state index is 0.0946. The number of hydrogen-bond acceptors (Lipinski definition) is 8. The number of aryl methyl sites for hydroxylation is 1. The number of hydrogen-bond donors (Lipinski definition) is 2. The molecular weight excluding hydrogens is 478 g/mol. The van der Waals surface area contributed by atoms with Gasteiger partial charge in [-0.2, -0.15) is 0 Å². The lowest BCUT2D eigenvalue weighted by molar-refractivity contribution is -0.169. The summed E-state index contributed by atoms with van der Waals surface area (Å²) >= 11 is 0. The molecule has 0 amide bonds. The van der Waals surface area contributed by atoms with Crippen LogP contribution in [0.1, 0.15) is 24.8 Å². The summed E-state index contributed by atoms with van der Waals surface area (Å²) in [6.45, 7) is 4.75. The van der Waals surface area contributed by atoms with Gasteiger partial charge in [0, 0.05) is 57.4 Å². The second-order valence-corrected chi connectivity index (χ2v) is 11.8. The lowest BCUT2D eigenvalue weighted by Crippen LogP contribution is -2.45. The van der Waals surface area contributed by atoms with Crippen molar-refractivity contribution in [3.05, 3.63) is 35.9 Å². The first-order valence-electron chi connectivity index (χ1n) is 11.9. The van der Waals surface area contributed by atoms with Gasteiger partial charge in [0.25, 0.3) is 5.92 Å². The molecule has 6 rings (SSSR count). The molecule has 3 aliphatic heterocycles. The van der Waals surface area contributed by atoms with Crippen molar-refractivity contribution in [2.45, 2.75) is 37.9 Å². The summed E-state index contributed by atoms with van der Waals surface area (Å²) in [6.07, 6.45) is 1.35. The van der Waals surface area contributed by atoms with Crippen molar-refractivity contribution >= 4 is 28.2 Å². The number of nitrogens with zero attached hydrogens (tertiary/aromatic N) is 4. The highest BCUT2D eigenvalue weighted by molar-refractivity contribution is 8.26. The van der Waals surface area contributed by atoms with Crippen molar-refractivity contribution in [1.29, 1.82) is 0 Å². The Labute approximate surface area is 205 Å². The van der Waals surface area contributed by atoms with E-state index in [1.54, 1.807) is 13.1 Å². The Morgan fingerprint density at radius 3 is 2.43 bits per heavy atom. The highest BCUT2D eigenvalue weighted by Crippen LogP contribution is 2.63. The molecule has 1 spiro atoms. The van der Waals surface area contributed by atoms with E-state index in [0.717, 1.165) is 48.6 Å². The minimum atomic E-state index is -3.39. The summed E-state index contributed by atoms with van der Waals surface area (Å²) in [5.74, 6) is -3.18. The molecule has 2 saturated heterocycles. The molecule has 35 heavy (non-hydrogen) atoms. The molecule has 1 atom stereocenters. The summed E-state index contributed by atoms with van der Waals surface area (Å²) in [5, 5.41) is 0. The van der Waals surface area contributed by atoms with Crippen molar-refractivity contribution in [1.82, 2.24) is 4.98 Å². The van der Waals surface area contributed by atoms with Gasteiger partial charge in [-0.1, -0.05) is 12.1 Å². The molecule has 1 unspecified atom stereocenters. The zero-order valence-electron chi connectivity index (χ0n) is 19.8. The summed E-state index contributed by atoms with van der Waals surface area (Å²) < 4.78 is 63.1. The van der Waals surface area contributed by atoms with Gasteiger partial charge in [0.2, 0.25) is 0 Å². The third-order valence-corrected chi connectivity index (χ3v) is 9.48. The van der Waals surface area contributed by atoms with Gasteiger partial charge in [-0.15, -0.1) is 0 Å². The van der Waals surface area contributed by atoms with Gasteiger partial charge >= 0.3 is 0 Å². The van der Waals surface area contributed by atoms with E-state index in [-0.39, 0.29) is 13.0 Å². The maximum Gasteiger partial charge on any atom is 0.253 e. The molecule has 11 heteroatoms. The summed E-state index contributed by atoms with van der Waals surface area (Å²) in [4.78, 5) is 7.19. The predicted molar refractivity (Wildman–Crippen MR) is 132 cm³/mol. The topological polar surface area (TPSA) is 81.5 Å². The number of piperidine rings is 1. The molecule has 4 heterocycles. The Bertz CT molecular complexity index is 1150. The van der Waals surface area contributed by atoms with Crippen LogP contribution in [0.25, 0.3) is 11.3 Å². The number of alkyl halides is 2. The first-order valence-corrected chi connectivity index (χ1v) is 13.4. The maximum atomic E-state index is 13.6. The number of fused-ring (bicyclic) bond motifs is 1. The molecule has 2 N–H and O–H groups in total. The fourth-order valence-corrected chi connectivity index (χ4v) is 6.76. The van der Waals surface area contributed by atoms with Crippen LogP contribution in [0.4, 0.5) is 26.0 Å². The zero-order valence-corrected chi connectivity index (χ0v) is 20.6. The molecule has 2 aromatic rings. The highest BCUT2D eigenvalue weighted by atomic mass is 32.3. The third kappa shape index (κ3) is 3.84. The summed E-state index contributed by atoms with van der Waals surface area (Å²) in [6, 6.07) is 9.56. The molecule has 190 valence electrons. The first kappa shape index (κ1) is 23.2. The molecule has 1 saturated carbocycles. The quantitative estimate of drug-likeness (QED) is 0.604. The number of ether oxygens (including phenoxy) is 2. The van der Waals surface area contributed by atoms with E-state index in [0.29, 0.717) is 24.6 Å². The average molecular weight is 509 g/mol. The molecule has 1 aromatic heterocycles. The van der Waals surface area contributed by atoms with Crippen LogP contribution in [0.15, 0.2) is 30.3 Å². The predicted octanol–water partition coefficient (Wildman–Crippen LogP) is 4.89. The lowest BCUT2D eigenvalue weighted by Gasteiger charge is -2.42. The highest BCUT2D eigenvalue weighted by Gasteiger charge is 2.59. The summed E-state index contributed by atoms with van der Waals surface area (Å²) in [7, 11) is -1.81. The number of rotatable bonds is 4. The van der Waals surface area contributed by atoms with Gasteiger partial charge in [0.05, 0.1) is 30.3 Å². The largest absolute Gasteiger partial charge is 0.356 e. The monoisotopic (exact) mass is 508 g/mol. The average Bonchev–Trinajstić information content (AvgIpc) is 3.12. The van der Waals surface area contributed by atoms with E-state index in [4.69, 9.17) is 14.5 Å². The molecule has 1 aliphatic carbocycles. The van der Waals surface area contributed by atoms with Crippen molar-refractivity contribution in [3.8, 4) is 11.3 Å². The van der Waals surface area contributed by atoms with Gasteiger partial charge in [-0.05, 0) is 41.6 Å². The number of benzene rings is 1. The third-order valence-electron chi connectivity index (χ3n) is 7.61. The van der Waals surface area contributed by atoms with Crippen molar-refractivity contribution in [3.63, 3.8) is 0 Å². The van der Waals surface area contributed by atoms with Crippen LogP contribution in [-0.2, 0) is 9.47 Å². The second-order valence-electron chi connectivity index (χ2n) is 9.84. The normalized spacial score (nSPS) is 26.8. The molecule has 0 radical (unpaired) electrons. The molecular formula is C24H30F2N4O4S. The Morgan fingerprint density at radius 1 is 1.09 bits per heavy atom. The van der Waals surface area contributed by atoms with Crippen LogP contribution >= 0.6 is 11.0 Å². The van der Waals surface area contributed by atoms with Gasteiger partial charge in [-0.25, -0.2) is 13.8 Å². The Morgan fingerprint density at radius 2 is 1.77 bits per heavy atom. The van der Waals surface area contributed by atoms with Gasteiger partial charge < -0.3 is 14.4 Å². The maximum absolute atomic E-state index is 13.6. The Balaban J connectivity index is 1.27. The van der Waals surface area contributed by atoms with Crippen LogP contribution < -0.4 is 13.5 Å². The number of anilines is 3. The molecule has 8 nitrogen and oxygen atoms in total. The smallest absolute Gasteiger partial charge is 0.253 e. The first-order chi connectivity index (χ1) is 16.6. The van der Waals surface area contributed by atoms with Crippen LogP contribution in [0, 0.1) is 12.8 Å². The fourth-order valence-electron chi connectivity index (χ4n) is 5.26. The van der Waals surface area contributed by atoms with E-state index in [1.165, 1.54) is 8.61 Å². The van der Waals surface area contributed by atoms with Gasteiger partial charge in [-0.3, -0.25) is 17.7 Å². The van der Waals surface area contributed by atoms with E-state index in [1.807, 2.05) is 31.2 Å². The van der Waals surface area contributed by atoms with Crippen LogP contribution in [0.5, 0.6) is 0 Å². The Kier molecular flexibility index (Phi) is 5.25. The SMILES string of the molecule is Cc1ccc(N2CCC3(CC2)OCCO3)nc1-c1ccc2c(c1)N(C)S(O)(O)N2CC1CC1(F)F. The van der Waals surface area contributed by atoms with Crippen LogP contribution in [0.3, 0.4) is 0 Å². The number of halogens is 2. The number of pyridine rings is 1. The van der Waals surface area contributed by atoms with Crippen molar-refractivity contribution < 1.29 is 27.4 Å². The van der Waals surface area contributed by atoms with Gasteiger partial charge in [0.15, 0.2) is 5.79 Å². The molecule has 3 fully saturated rings. The lowest BCUT2D eigenvalue weighted by atomic mass is 10.0. The standard InChI is InChI=1S/C24H30F2N4O4S/c1-16-3-6-21(29-9-7-23(8-10-29)33-11-12-34-23)27-22(16)17-4-5-19-20(13-17)28(2)35(31,32)30(19)15-18-14-24(18,25)26/h3-6,13,18,31-32H,7-12,14-15H2,1-2H3. The fraction of sp³-hybridized carbons (Fsp3) is 0.542. The van der Waals surface area contributed by atoms with E-state index >= 15 is 0 Å². The molecule has 0 bridgehead atoms. The molecule has 1 aromatic carbocycles. The summed E-state index contributed by atoms with van der Waals surface area (Å²) in [5.41, 5.74) is 3.77. The molecule has 4 aliphatic rings. The zero-order chi connectivity index (χ0) is 24.6. The van der Waals surface area contributed by atoms with E-state index < -0.39 is 28.6 Å². The second kappa shape index (κ2) is 7.91.